The number of carbonyl (C=O) groups is 1. The van der Waals surface area contributed by atoms with Crippen molar-refractivity contribution in [1.82, 2.24) is 10.3 Å². The summed E-state index contributed by atoms with van der Waals surface area (Å²) in [4.78, 5) is 26.3. The highest BCUT2D eigenvalue weighted by molar-refractivity contribution is 5.99. The fourth-order valence-electron chi connectivity index (χ4n) is 1.48. The van der Waals surface area contributed by atoms with E-state index in [0.29, 0.717) is 18.9 Å². The van der Waals surface area contributed by atoms with Gasteiger partial charge in [-0.1, -0.05) is 20.8 Å². The minimum atomic E-state index is -0.566. The molecule has 0 aliphatic carbocycles. The van der Waals surface area contributed by atoms with Crippen molar-refractivity contribution >= 4 is 17.4 Å². The molecule has 0 bridgehead atoms. The molecule has 0 aliphatic rings. The quantitative estimate of drug-likeness (QED) is 0.636. The van der Waals surface area contributed by atoms with Gasteiger partial charge >= 0.3 is 0 Å². The fourth-order valence-corrected chi connectivity index (χ4v) is 1.48. The Hall–Kier alpha value is -2.18. The predicted molar refractivity (Wildman–Crippen MR) is 76.8 cm³/mol. The Bertz CT molecular complexity index is 509. The second-order valence-electron chi connectivity index (χ2n) is 5.62. The summed E-state index contributed by atoms with van der Waals surface area (Å²) in [5.41, 5.74) is -0.0832. The Balaban J connectivity index is 3.02. The van der Waals surface area contributed by atoms with Crippen molar-refractivity contribution in [3.05, 3.63) is 27.9 Å². The van der Waals surface area contributed by atoms with Crippen molar-refractivity contribution in [3.8, 4) is 0 Å². The number of hydrogen-bond donors (Lipinski definition) is 2. The van der Waals surface area contributed by atoms with E-state index in [-0.39, 0.29) is 22.6 Å². The van der Waals surface area contributed by atoms with Gasteiger partial charge in [-0.05, 0) is 12.3 Å². The third-order valence-electron chi connectivity index (χ3n) is 2.45. The van der Waals surface area contributed by atoms with Crippen LogP contribution in [0.1, 0.15) is 38.1 Å². The molecule has 0 atom stereocenters. The minimum Gasteiger partial charge on any atom is -0.370 e. The van der Waals surface area contributed by atoms with Crippen LogP contribution in [0.15, 0.2) is 12.3 Å². The van der Waals surface area contributed by atoms with Crippen molar-refractivity contribution < 1.29 is 9.72 Å². The summed E-state index contributed by atoms with van der Waals surface area (Å²) in [5, 5.41) is 16.5. The number of pyridine rings is 1. The molecule has 2 N–H and O–H groups in total. The van der Waals surface area contributed by atoms with E-state index in [1.165, 1.54) is 6.07 Å². The van der Waals surface area contributed by atoms with Gasteiger partial charge in [-0.2, -0.15) is 0 Å². The van der Waals surface area contributed by atoms with Gasteiger partial charge in [-0.3, -0.25) is 14.9 Å². The van der Waals surface area contributed by atoms with Gasteiger partial charge in [0.2, 0.25) is 0 Å². The number of carbonyl (C=O) groups excluding carboxylic acids is 1. The largest absolute Gasteiger partial charge is 0.370 e. The van der Waals surface area contributed by atoms with Crippen LogP contribution in [0.3, 0.4) is 0 Å². The van der Waals surface area contributed by atoms with E-state index in [1.807, 2.05) is 27.7 Å². The van der Waals surface area contributed by atoms with Crippen LogP contribution < -0.4 is 10.6 Å². The molecule has 1 amide bonds. The lowest BCUT2D eigenvalue weighted by atomic mass is 9.97. The second kappa shape index (κ2) is 6.31. The second-order valence-corrected chi connectivity index (χ2v) is 5.62. The number of rotatable bonds is 5. The minimum absolute atomic E-state index is 0.0673. The van der Waals surface area contributed by atoms with Gasteiger partial charge in [-0.25, -0.2) is 4.98 Å². The molecule has 1 heterocycles. The molecule has 0 saturated carbocycles. The highest BCUT2D eigenvalue weighted by Gasteiger charge is 2.19. The van der Waals surface area contributed by atoms with Crippen LogP contribution in [0.4, 0.5) is 11.5 Å². The molecule has 0 aromatic carbocycles. The van der Waals surface area contributed by atoms with Crippen molar-refractivity contribution in [2.24, 2.45) is 5.41 Å². The van der Waals surface area contributed by atoms with Gasteiger partial charge in [0.15, 0.2) is 0 Å². The lowest BCUT2D eigenvalue weighted by molar-refractivity contribution is -0.385. The van der Waals surface area contributed by atoms with Gasteiger partial charge in [0.05, 0.1) is 10.5 Å². The van der Waals surface area contributed by atoms with Gasteiger partial charge in [0.1, 0.15) is 12.0 Å². The zero-order valence-corrected chi connectivity index (χ0v) is 12.2. The number of aromatic nitrogens is 1. The molecule has 1 rings (SSSR count). The highest BCUT2D eigenvalue weighted by Crippen LogP contribution is 2.19. The van der Waals surface area contributed by atoms with Gasteiger partial charge in [0.25, 0.3) is 11.6 Å². The Kier molecular flexibility index (Phi) is 5.01. The highest BCUT2D eigenvalue weighted by atomic mass is 16.6. The summed E-state index contributed by atoms with van der Waals surface area (Å²) in [6.45, 7) is 8.88. The average Bonchev–Trinajstić information content (AvgIpc) is 2.35. The van der Waals surface area contributed by atoms with Crippen LogP contribution in [-0.4, -0.2) is 28.9 Å². The van der Waals surface area contributed by atoms with Crippen LogP contribution in [0, 0.1) is 15.5 Å². The van der Waals surface area contributed by atoms with Crippen LogP contribution in [0.2, 0.25) is 0 Å². The first-order valence-electron chi connectivity index (χ1n) is 6.41. The summed E-state index contributed by atoms with van der Waals surface area (Å²) >= 11 is 0. The summed E-state index contributed by atoms with van der Waals surface area (Å²) in [6, 6.07) is 1.24. The van der Waals surface area contributed by atoms with Crippen molar-refractivity contribution in [2.45, 2.75) is 27.7 Å². The molecule has 7 heteroatoms. The maximum atomic E-state index is 12.1. The molecule has 1 aromatic heterocycles. The number of nitrogens with one attached hydrogen (secondary N) is 2. The number of nitrogens with zero attached hydrogens (tertiary/aromatic N) is 2. The third kappa shape index (κ3) is 4.49. The zero-order chi connectivity index (χ0) is 15.3. The summed E-state index contributed by atoms with van der Waals surface area (Å²) in [5.74, 6) is -0.0171. The summed E-state index contributed by atoms with van der Waals surface area (Å²) in [6.07, 6.45) is 1.14. The first-order chi connectivity index (χ1) is 9.24. The molecular formula is C13H20N4O3. The zero-order valence-electron chi connectivity index (χ0n) is 12.2. The van der Waals surface area contributed by atoms with Gasteiger partial charge in [0, 0.05) is 19.2 Å². The molecular weight excluding hydrogens is 260 g/mol. The van der Waals surface area contributed by atoms with E-state index in [1.54, 1.807) is 0 Å². The average molecular weight is 280 g/mol. The summed E-state index contributed by atoms with van der Waals surface area (Å²) < 4.78 is 0. The van der Waals surface area contributed by atoms with E-state index in [0.717, 1.165) is 6.20 Å². The molecule has 1 aromatic rings. The molecule has 0 aliphatic heterocycles. The topological polar surface area (TPSA) is 97.2 Å². The number of nitro groups is 1. The van der Waals surface area contributed by atoms with Crippen molar-refractivity contribution in [3.63, 3.8) is 0 Å². The van der Waals surface area contributed by atoms with Crippen LogP contribution in [-0.2, 0) is 0 Å². The SMILES string of the molecule is CCNc1ncc([N+](=O)[O-])cc1C(=O)NCC(C)(C)C. The molecule has 110 valence electrons. The first kappa shape index (κ1) is 15.9. The first-order valence-corrected chi connectivity index (χ1v) is 6.41. The monoisotopic (exact) mass is 280 g/mol. The Morgan fingerprint density at radius 2 is 2.10 bits per heavy atom. The van der Waals surface area contributed by atoms with E-state index in [4.69, 9.17) is 0 Å². The van der Waals surface area contributed by atoms with Crippen LogP contribution >= 0.6 is 0 Å². The lowest BCUT2D eigenvalue weighted by Gasteiger charge is -2.19. The normalized spacial score (nSPS) is 11.0. The molecule has 0 spiro atoms. The van der Waals surface area contributed by atoms with E-state index < -0.39 is 4.92 Å². The smallest absolute Gasteiger partial charge is 0.288 e. The Morgan fingerprint density at radius 3 is 2.60 bits per heavy atom. The van der Waals surface area contributed by atoms with Crippen molar-refractivity contribution in [2.75, 3.05) is 18.4 Å². The molecule has 0 fully saturated rings. The number of hydrogen-bond acceptors (Lipinski definition) is 5. The maximum absolute atomic E-state index is 12.1. The fraction of sp³-hybridized carbons (Fsp3) is 0.538. The Labute approximate surface area is 117 Å². The van der Waals surface area contributed by atoms with Gasteiger partial charge < -0.3 is 10.6 Å². The van der Waals surface area contributed by atoms with Crippen molar-refractivity contribution in [1.29, 1.82) is 0 Å². The molecule has 7 nitrogen and oxygen atoms in total. The molecule has 20 heavy (non-hydrogen) atoms. The lowest BCUT2D eigenvalue weighted by Crippen LogP contribution is -2.32. The van der Waals surface area contributed by atoms with E-state index >= 15 is 0 Å². The number of anilines is 1. The Morgan fingerprint density at radius 1 is 1.45 bits per heavy atom. The van der Waals surface area contributed by atoms with E-state index in [2.05, 4.69) is 15.6 Å². The van der Waals surface area contributed by atoms with Gasteiger partial charge in [-0.15, -0.1) is 0 Å². The third-order valence-corrected chi connectivity index (χ3v) is 2.45. The van der Waals surface area contributed by atoms with E-state index in [9.17, 15) is 14.9 Å². The standard InChI is InChI=1S/C13H20N4O3/c1-5-14-11-10(6-9(7-15-11)17(19)20)12(18)16-8-13(2,3)4/h6-7H,5,8H2,1-4H3,(H,14,15)(H,16,18). The maximum Gasteiger partial charge on any atom is 0.288 e. The number of amides is 1. The van der Waals surface area contributed by atoms with Crippen LogP contribution in [0.5, 0.6) is 0 Å². The summed E-state index contributed by atoms with van der Waals surface area (Å²) in [7, 11) is 0. The molecule has 0 unspecified atom stereocenters. The van der Waals surface area contributed by atoms with Crippen LogP contribution in [0.25, 0.3) is 0 Å². The predicted octanol–water partition coefficient (Wildman–Crippen LogP) is 2.20. The molecule has 0 radical (unpaired) electrons. The molecule has 0 saturated heterocycles.